The highest BCUT2D eigenvalue weighted by Crippen LogP contribution is 2.41. The summed E-state index contributed by atoms with van der Waals surface area (Å²) in [5.74, 6) is -3.05. The molecule has 1 saturated carbocycles. The predicted molar refractivity (Wildman–Crippen MR) is 123 cm³/mol. The maximum Gasteiger partial charge on any atom is 0.433 e. The summed E-state index contributed by atoms with van der Waals surface area (Å²) in [6.45, 7) is 2.07. The lowest BCUT2D eigenvalue weighted by Gasteiger charge is -2.39. The second-order valence-electron chi connectivity index (χ2n) is 9.73. The highest BCUT2D eigenvalue weighted by Gasteiger charge is 2.43. The molecule has 0 unspecified atom stereocenters. The van der Waals surface area contributed by atoms with Gasteiger partial charge in [0.05, 0.1) is 5.69 Å². The van der Waals surface area contributed by atoms with Crippen LogP contribution in [-0.2, 0) is 12.7 Å². The summed E-state index contributed by atoms with van der Waals surface area (Å²) in [4.78, 5) is 11.5. The molecule has 13 heteroatoms. The van der Waals surface area contributed by atoms with E-state index in [9.17, 15) is 26.3 Å². The zero-order chi connectivity index (χ0) is 25.9. The number of aryl methyl sites for hydroxylation is 1. The SMILES string of the molecule is Fc1ccc(N2CCCn3nc(N[C@@H]4[C@@H]5CC[C@H]4CN(c4ccnc(C(F)(F)F)c4)C5)nc32)c(F)c1F. The first kappa shape index (κ1) is 23.9. The van der Waals surface area contributed by atoms with E-state index in [1.165, 1.54) is 17.2 Å². The first-order valence-corrected chi connectivity index (χ1v) is 12.1. The number of rotatable bonds is 4. The Balaban J connectivity index is 1.20. The summed E-state index contributed by atoms with van der Waals surface area (Å²) in [7, 11) is 0. The van der Waals surface area contributed by atoms with Gasteiger partial charge in [-0.15, -0.1) is 5.10 Å². The normalized spacial score (nSPS) is 23.4. The summed E-state index contributed by atoms with van der Waals surface area (Å²) in [5, 5.41) is 7.92. The number of hydrogen-bond acceptors (Lipinski definition) is 6. The number of aromatic nitrogens is 4. The van der Waals surface area contributed by atoms with E-state index >= 15 is 0 Å². The largest absolute Gasteiger partial charge is 0.433 e. The maximum atomic E-state index is 14.5. The minimum Gasteiger partial charge on any atom is -0.371 e. The molecular formula is C24H23F6N7. The fourth-order valence-electron chi connectivity index (χ4n) is 5.76. The van der Waals surface area contributed by atoms with Crippen LogP contribution in [0.5, 0.6) is 0 Å². The quantitative estimate of drug-likeness (QED) is 0.385. The molecule has 1 saturated heterocycles. The number of fused-ring (bicyclic) bond motifs is 3. The Morgan fingerprint density at radius 1 is 0.946 bits per heavy atom. The van der Waals surface area contributed by atoms with Gasteiger partial charge in [-0.25, -0.2) is 17.9 Å². The van der Waals surface area contributed by atoms with E-state index in [-0.39, 0.29) is 23.6 Å². The number of piperidine rings is 1. The molecule has 6 rings (SSSR count). The van der Waals surface area contributed by atoms with Gasteiger partial charge in [-0.2, -0.15) is 18.2 Å². The molecule has 3 atom stereocenters. The highest BCUT2D eigenvalue weighted by molar-refractivity contribution is 5.60. The zero-order valence-electron chi connectivity index (χ0n) is 19.5. The van der Waals surface area contributed by atoms with Crippen molar-refractivity contribution in [3.05, 3.63) is 53.6 Å². The molecule has 196 valence electrons. The van der Waals surface area contributed by atoms with Gasteiger partial charge in [0.25, 0.3) is 0 Å². The van der Waals surface area contributed by atoms with Gasteiger partial charge in [-0.05, 0) is 55.4 Å². The molecule has 0 spiro atoms. The number of alkyl halides is 3. The average molecular weight is 523 g/mol. The van der Waals surface area contributed by atoms with Gasteiger partial charge in [-0.1, -0.05) is 0 Å². The third-order valence-corrected chi connectivity index (χ3v) is 7.48. The summed E-state index contributed by atoms with van der Waals surface area (Å²) in [6.07, 6.45) is -0.877. The van der Waals surface area contributed by atoms with Crippen LogP contribution < -0.4 is 15.1 Å². The van der Waals surface area contributed by atoms with E-state index in [0.717, 1.165) is 25.0 Å². The van der Waals surface area contributed by atoms with Crippen LogP contribution in [0.15, 0.2) is 30.5 Å². The molecule has 2 aromatic heterocycles. The maximum absolute atomic E-state index is 14.5. The molecule has 7 nitrogen and oxygen atoms in total. The summed E-state index contributed by atoms with van der Waals surface area (Å²) >= 11 is 0. The molecule has 3 aromatic rings. The number of hydrogen-bond donors (Lipinski definition) is 1. The number of pyridine rings is 1. The van der Waals surface area contributed by atoms with Crippen molar-refractivity contribution in [2.24, 2.45) is 11.8 Å². The van der Waals surface area contributed by atoms with E-state index < -0.39 is 29.3 Å². The Morgan fingerprint density at radius 2 is 1.70 bits per heavy atom. The number of halogens is 6. The number of benzene rings is 1. The Bertz CT molecular complexity index is 1310. The van der Waals surface area contributed by atoms with E-state index in [4.69, 9.17) is 0 Å². The van der Waals surface area contributed by atoms with Gasteiger partial charge in [0.15, 0.2) is 17.5 Å². The molecule has 1 N–H and O–H groups in total. The van der Waals surface area contributed by atoms with Crippen molar-refractivity contribution in [2.45, 2.75) is 38.0 Å². The van der Waals surface area contributed by atoms with Crippen LogP contribution in [0, 0.1) is 29.3 Å². The lowest BCUT2D eigenvalue weighted by molar-refractivity contribution is -0.141. The van der Waals surface area contributed by atoms with Crippen molar-refractivity contribution >= 4 is 23.3 Å². The Labute approximate surface area is 208 Å². The molecule has 1 aromatic carbocycles. The van der Waals surface area contributed by atoms with E-state index in [1.54, 1.807) is 10.7 Å². The molecule has 3 aliphatic rings. The van der Waals surface area contributed by atoms with Crippen molar-refractivity contribution in [1.82, 2.24) is 19.7 Å². The molecule has 2 aliphatic heterocycles. The number of anilines is 4. The van der Waals surface area contributed by atoms with Crippen molar-refractivity contribution < 1.29 is 26.3 Å². The average Bonchev–Trinajstić information content (AvgIpc) is 3.38. The van der Waals surface area contributed by atoms with Gasteiger partial charge in [0, 0.05) is 44.1 Å². The van der Waals surface area contributed by atoms with E-state index in [2.05, 4.69) is 20.4 Å². The predicted octanol–water partition coefficient (Wildman–Crippen LogP) is 4.98. The second-order valence-corrected chi connectivity index (χ2v) is 9.73. The zero-order valence-corrected chi connectivity index (χ0v) is 19.5. The minimum absolute atomic E-state index is 0.0260. The van der Waals surface area contributed by atoms with Gasteiger partial charge in [0.1, 0.15) is 5.69 Å². The molecule has 2 bridgehead atoms. The summed E-state index contributed by atoms with van der Waals surface area (Å²) in [5.41, 5.74) is -0.521. The van der Waals surface area contributed by atoms with Crippen LogP contribution in [0.2, 0.25) is 0 Å². The molecule has 0 radical (unpaired) electrons. The number of nitrogens with zero attached hydrogens (tertiary/aromatic N) is 6. The van der Waals surface area contributed by atoms with Crippen molar-refractivity contribution in [3.63, 3.8) is 0 Å². The molecular weight excluding hydrogens is 500 g/mol. The van der Waals surface area contributed by atoms with E-state index in [0.29, 0.717) is 50.2 Å². The Hall–Kier alpha value is -3.51. The van der Waals surface area contributed by atoms with Crippen molar-refractivity contribution in [3.8, 4) is 0 Å². The smallest absolute Gasteiger partial charge is 0.371 e. The minimum atomic E-state index is -4.50. The highest BCUT2D eigenvalue weighted by atomic mass is 19.4. The molecule has 0 amide bonds. The van der Waals surface area contributed by atoms with Gasteiger partial charge in [0.2, 0.25) is 11.9 Å². The first-order valence-electron chi connectivity index (χ1n) is 12.1. The van der Waals surface area contributed by atoms with Crippen LogP contribution in [-0.4, -0.2) is 45.4 Å². The van der Waals surface area contributed by atoms with Crippen molar-refractivity contribution in [1.29, 1.82) is 0 Å². The van der Waals surface area contributed by atoms with Gasteiger partial charge < -0.3 is 15.1 Å². The van der Waals surface area contributed by atoms with Gasteiger partial charge >= 0.3 is 6.18 Å². The van der Waals surface area contributed by atoms with Crippen LogP contribution >= 0.6 is 0 Å². The van der Waals surface area contributed by atoms with Crippen LogP contribution in [0.3, 0.4) is 0 Å². The Morgan fingerprint density at radius 3 is 2.43 bits per heavy atom. The fraction of sp³-hybridized carbons (Fsp3) is 0.458. The standard InChI is InChI=1S/C24H23F6N7/c25-16-4-5-17(20(27)19(16)26)36-8-1-9-37-23(36)33-22(34-37)32-21-13-2-3-14(21)12-35(11-13)15-6-7-31-18(10-15)24(28,29)30/h4-7,10,13-14,21H,1-3,8-9,11-12H2,(H,32,34)/t13-,14+,21-. The monoisotopic (exact) mass is 523 g/mol. The Kier molecular flexibility index (Phi) is 5.68. The third kappa shape index (κ3) is 4.23. The third-order valence-electron chi connectivity index (χ3n) is 7.48. The lowest BCUT2D eigenvalue weighted by atomic mass is 9.92. The molecule has 37 heavy (non-hydrogen) atoms. The summed E-state index contributed by atoms with van der Waals surface area (Å²) < 4.78 is 82.8. The topological polar surface area (TPSA) is 62.1 Å². The van der Waals surface area contributed by atoms with Crippen LogP contribution in [0.1, 0.15) is 25.0 Å². The van der Waals surface area contributed by atoms with Gasteiger partial charge in [-0.3, -0.25) is 4.98 Å². The second kappa shape index (κ2) is 8.80. The molecule has 4 heterocycles. The fourth-order valence-corrected chi connectivity index (χ4v) is 5.76. The lowest BCUT2D eigenvalue weighted by Crippen LogP contribution is -2.48. The molecule has 2 fully saturated rings. The molecule has 1 aliphatic carbocycles. The van der Waals surface area contributed by atoms with Crippen LogP contribution in [0.4, 0.5) is 49.6 Å². The van der Waals surface area contributed by atoms with Crippen molar-refractivity contribution in [2.75, 3.05) is 34.8 Å². The first-order chi connectivity index (χ1) is 17.7. The number of nitrogens with one attached hydrogen (secondary N) is 1. The summed E-state index contributed by atoms with van der Waals surface area (Å²) in [6, 6.07) is 4.78. The van der Waals surface area contributed by atoms with Crippen LogP contribution in [0.25, 0.3) is 0 Å². The van der Waals surface area contributed by atoms with E-state index in [1.807, 2.05) is 4.90 Å².